The van der Waals surface area contributed by atoms with Gasteiger partial charge in [0.2, 0.25) is 0 Å². The highest BCUT2D eigenvalue weighted by Gasteiger charge is 2.16. The molecule has 0 unspecified atom stereocenters. The molecule has 0 heteroatoms. The van der Waals surface area contributed by atoms with E-state index < -0.39 is 0 Å². The maximum absolute atomic E-state index is 2.41. The van der Waals surface area contributed by atoms with Crippen LogP contribution in [0.1, 0.15) is 35.1 Å². The summed E-state index contributed by atoms with van der Waals surface area (Å²) >= 11 is 0. The smallest absolute Gasteiger partial charge is 0.00757 e. The van der Waals surface area contributed by atoms with Gasteiger partial charge in [0, 0.05) is 0 Å². The van der Waals surface area contributed by atoms with Crippen LogP contribution in [-0.2, 0) is 0 Å². The van der Waals surface area contributed by atoms with Gasteiger partial charge in [-0.05, 0) is 87.4 Å². The Morgan fingerprint density at radius 2 is 1.73 bits per heavy atom. The average Bonchev–Trinajstić information content (AvgIpc) is 3.31. The summed E-state index contributed by atoms with van der Waals surface area (Å²) in [6.07, 6.45) is 11.1. The van der Waals surface area contributed by atoms with Crippen molar-refractivity contribution >= 4 is 28.0 Å². The summed E-state index contributed by atoms with van der Waals surface area (Å²) in [5.41, 5.74) is 8.47. The van der Waals surface area contributed by atoms with Crippen LogP contribution in [0.2, 0.25) is 0 Å². The molecule has 0 saturated carbocycles. The molecule has 3 aromatic carbocycles. The zero-order valence-electron chi connectivity index (χ0n) is 15.3. The SMILES string of the molecule is Cc1ccc2ccccc2c1C1=c2c(C)cc(C3=CC=CC3)cc2=CC1. The van der Waals surface area contributed by atoms with Crippen molar-refractivity contribution in [2.45, 2.75) is 26.7 Å². The van der Waals surface area contributed by atoms with Crippen LogP contribution in [0.4, 0.5) is 0 Å². The van der Waals surface area contributed by atoms with Crippen LogP contribution in [0.25, 0.3) is 28.0 Å². The fraction of sp³-hybridized carbons (Fsp3) is 0.154. The third-order valence-electron chi connectivity index (χ3n) is 5.78. The molecule has 5 rings (SSSR count). The number of hydrogen-bond donors (Lipinski definition) is 0. The van der Waals surface area contributed by atoms with E-state index in [1.807, 2.05) is 0 Å². The summed E-state index contributed by atoms with van der Waals surface area (Å²) in [4.78, 5) is 0. The Morgan fingerprint density at radius 1 is 0.846 bits per heavy atom. The zero-order chi connectivity index (χ0) is 17.7. The quantitative estimate of drug-likeness (QED) is 0.605. The molecule has 0 radical (unpaired) electrons. The lowest BCUT2D eigenvalue weighted by Crippen LogP contribution is -2.27. The molecule has 0 atom stereocenters. The van der Waals surface area contributed by atoms with Gasteiger partial charge in [-0.25, -0.2) is 0 Å². The van der Waals surface area contributed by atoms with E-state index in [2.05, 4.69) is 86.7 Å². The maximum atomic E-state index is 2.41. The van der Waals surface area contributed by atoms with E-state index >= 15 is 0 Å². The Hall–Kier alpha value is -2.86. The Balaban J connectivity index is 1.81. The molecule has 0 heterocycles. The fourth-order valence-corrected chi connectivity index (χ4v) is 4.56. The van der Waals surface area contributed by atoms with E-state index in [0.29, 0.717) is 0 Å². The fourth-order valence-electron chi connectivity index (χ4n) is 4.56. The van der Waals surface area contributed by atoms with Crippen molar-refractivity contribution in [1.82, 2.24) is 0 Å². The second-order valence-electron chi connectivity index (χ2n) is 7.45. The van der Waals surface area contributed by atoms with Gasteiger partial charge in [0.05, 0.1) is 0 Å². The van der Waals surface area contributed by atoms with E-state index in [1.54, 1.807) is 0 Å². The van der Waals surface area contributed by atoms with Gasteiger partial charge in [0.1, 0.15) is 0 Å². The molecule has 126 valence electrons. The Morgan fingerprint density at radius 3 is 2.58 bits per heavy atom. The van der Waals surface area contributed by atoms with E-state index in [1.165, 1.54) is 54.6 Å². The Labute approximate surface area is 154 Å². The highest BCUT2D eigenvalue weighted by molar-refractivity contribution is 5.96. The lowest BCUT2D eigenvalue weighted by molar-refractivity contribution is 1.32. The number of aryl methyl sites for hydroxylation is 2. The van der Waals surface area contributed by atoms with E-state index in [4.69, 9.17) is 0 Å². The Bertz CT molecular complexity index is 1230. The van der Waals surface area contributed by atoms with Gasteiger partial charge in [-0.2, -0.15) is 0 Å². The van der Waals surface area contributed by atoms with E-state index in [0.717, 1.165) is 12.8 Å². The third-order valence-corrected chi connectivity index (χ3v) is 5.78. The summed E-state index contributed by atoms with van der Waals surface area (Å²) in [6.45, 7) is 4.51. The molecule has 0 fully saturated rings. The van der Waals surface area contributed by atoms with Gasteiger partial charge in [-0.3, -0.25) is 0 Å². The summed E-state index contributed by atoms with van der Waals surface area (Å²) in [7, 11) is 0. The number of hydrogen-bond acceptors (Lipinski definition) is 0. The number of rotatable bonds is 2. The van der Waals surface area contributed by atoms with Crippen LogP contribution in [0, 0.1) is 13.8 Å². The lowest BCUT2D eigenvalue weighted by Gasteiger charge is -2.13. The molecule has 0 spiro atoms. The van der Waals surface area contributed by atoms with Crippen LogP contribution in [0.3, 0.4) is 0 Å². The van der Waals surface area contributed by atoms with Crippen LogP contribution in [-0.4, -0.2) is 0 Å². The van der Waals surface area contributed by atoms with Gasteiger partial charge >= 0.3 is 0 Å². The number of benzene rings is 3. The lowest BCUT2D eigenvalue weighted by atomic mass is 9.91. The van der Waals surface area contributed by atoms with Crippen LogP contribution >= 0.6 is 0 Å². The van der Waals surface area contributed by atoms with Gasteiger partial charge < -0.3 is 0 Å². The number of fused-ring (bicyclic) bond motifs is 2. The summed E-state index contributed by atoms with van der Waals surface area (Å²) < 4.78 is 0. The van der Waals surface area contributed by atoms with Gasteiger partial charge in [-0.1, -0.05) is 66.8 Å². The summed E-state index contributed by atoms with van der Waals surface area (Å²) in [5, 5.41) is 5.54. The molecule has 0 N–H and O–H groups in total. The number of allylic oxidation sites excluding steroid dienone is 4. The monoisotopic (exact) mass is 334 g/mol. The van der Waals surface area contributed by atoms with Gasteiger partial charge in [-0.15, -0.1) is 0 Å². The largest absolute Gasteiger partial charge is 0.0801 e. The molecule has 0 aromatic heterocycles. The van der Waals surface area contributed by atoms with Crippen LogP contribution in [0.15, 0.2) is 66.8 Å². The first-order valence-corrected chi connectivity index (χ1v) is 9.41. The second-order valence-corrected chi connectivity index (χ2v) is 7.45. The van der Waals surface area contributed by atoms with Gasteiger partial charge in [0.15, 0.2) is 0 Å². The first-order valence-electron chi connectivity index (χ1n) is 9.41. The first-order chi connectivity index (χ1) is 12.7. The minimum Gasteiger partial charge on any atom is -0.0801 e. The molecule has 0 nitrogen and oxygen atoms in total. The molecular formula is C26H22. The minimum atomic E-state index is 1.02. The van der Waals surface area contributed by atoms with Crippen LogP contribution in [0.5, 0.6) is 0 Å². The van der Waals surface area contributed by atoms with E-state index in [-0.39, 0.29) is 0 Å². The topological polar surface area (TPSA) is 0 Å². The van der Waals surface area contributed by atoms with Crippen molar-refractivity contribution in [3.8, 4) is 0 Å². The summed E-state index contributed by atoms with van der Waals surface area (Å²) in [6, 6.07) is 18.0. The minimum absolute atomic E-state index is 1.02. The molecule has 3 aromatic rings. The highest BCUT2D eigenvalue weighted by Crippen LogP contribution is 2.31. The van der Waals surface area contributed by atoms with Crippen molar-refractivity contribution in [2.75, 3.05) is 0 Å². The standard InChI is InChI=1S/C26H22/c1-17-11-12-20-9-5-6-10-23(20)26(17)24-14-13-21-16-22(15-18(2)25(21)24)19-7-3-4-8-19/h3-7,9-13,15-16H,8,14H2,1-2H3. The Kier molecular flexibility index (Phi) is 3.46. The molecular weight excluding hydrogens is 312 g/mol. The predicted octanol–water partition coefficient (Wildman–Crippen LogP) is 5.18. The van der Waals surface area contributed by atoms with Gasteiger partial charge in [0.25, 0.3) is 0 Å². The second kappa shape index (κ2) is 5.85. The van der Waals surface area contributed by atoms with Crippen molar-refractivity contribution in [2.24, 2.45) is 0 Å². The molecule has 0 bridgehead atoms. The predicted molar refractivity (Wildman–Crippen MR) is 112 cm³/mol. The van der Waals surface area contributed by atoms with Crippen molar-refractivity contribution in [1.29, 1.82) is 0 Å². The average molecular weight is 334 g/mol. The normalized spacial score (nSPS) is 15.3. The third kappa shape index (κ3) is 2.29. The van der Waals surface area contributed by atoms with Crippen molar-refractivity contribution in [3.05, 3.63) is 99.5 Å². The molecule has 0 amide bonds. The molecule has 26 heavy (non-hydrogen) atoms. The van der Waals surface area contributed by atoms with Crippen molar-refractivity contribution < 1.29 is 0 Å². The highest BCUT2D eigenvalue weighted by atomic mass is 14.2. The van der Waals surface area contributed by atoms with Crippen molar-refractivity contribution in [3.63, 3.8) is 0 Å². The first kappa shape index (κ1) is 15.4. The molecule has 0 saturated heterocycles. The molecule has 2 aliphatic rings. The van der Waals surface area contributed by atoms with Crippen LogP contribution < -0.4 is 10.4 Å². The maximum Gasteiger partial charge on any atom is -0.00757 e. The zero-order valence-corrected chi connectivity index (χ0v) is 15.3. The summed E-state index contributed by atoms with van der Waals surface area (Å²) in [5.74, 6) is 0. The van der Waals surface area contributed by atoms with E-state index in [9.17, 15) is 0 Å². The molecule has 0 aliphatic heterocycles. The molecule has 2 aliphatic carbocycles.